The van der Waals surface area contributed by atoms with E-state index in [2.05, 4.69) is 21.2 Å². The second-order valence-corrected chi connectivity index (χ2v) is 9.43. The van der Waals surface area contributed by atoms with E-state index in [0.717, 1.165) is 32.0 Å². The van der Waals surface area contributed by atoms with E-state index in [1.165, 1.54) is 37.8 Å². The molecule has 0 unspecified atom stereocenters. The Hall–Kier alpha value is -2.34. The Labute approximate surface area is 184 Å². The molecule has 6 nitrogen and oxygen atoms in total. The molecule has 5 rings (SSSR count). The molecule has 0 radical (unpaired) electrons. The standard InChI is InChI=1S/C25H33N3O3/c1-2-31-24(29)17-8-10-21(11-9-17)26-25(30)28-13-5-6-18-14-19-15-20(23(18)28)16-27-12-4-3-7-22(19)27/h8-11,14,19-20,22-23H,2-7,12-13,15-16H2,1H3,(H,26,30)/t19-,20-,22-,23+/m1/s1. The number of esters is 1. The summed E-state index contributed by atoms with van der Waals surface area (Å²) in [4.78, 5) is 29.9. The SMILES string of the molecule is CCOC(=O)c1ccc(NC(=O)N2CCCC3=C[C@@H]4C[C@H](CN5CCCC[C@H]45)[C@H]32)cc1. The van der Waals surface area contributed by atoms with Crippen molar-refractivity contribution in [1.29, 1.82) is 0 Å². The summed E-state index contributed by atoms with van der Waals surface area (Å²) >= 11 is 0. The normalized spacial score (nSPS) is 30.0. The smallest absolute Gasteiger partial charge is 0.338 e. The molecule has 31 heavy (non-hydrogen) atoms. The van der Waals surface area contributed by atoms with Gasteiger partial charge in [0, 0.05) is 24.8 Å². The summed E-state index contributed by atoms with van der Waals surface area (Å²) in [6, 6.07) is 7.89. The largest absolute Gasteiger partial charge is 0.462 e. The molecule has 1 aromatic rings. The van der Waals surface area contributed by atoms with Crippen molar-refractivity contribution in [3.05, 3.63) is 41.5 Å². The summed E-state index contributed by atoms with van der Waals surface area (Å²) in [5.41, 5.74) is 2.70. The second-order valence-electron chi connectivity index (χ2n) is 9.43. The number of ether oxygens (including phenoxy) is 1. The van der Waals surface area contributed by atoms with Gasteiger partial charge in [-0.25, -0.2) is 9.59 Å². The van der Waals surface area contributed by atoms with Gasteiger partial charge in [-0.05, 0) is 81.7 Å². The fraction of sp³-hybridized carbons (Fsp3) is 0.600. The van der Waals surface area contributed by atoms with E-state index in [4.69, 9.17) is 4.74 Å². The molecule has 3 saturated heterocycles. The van der Waals surface area contributed by atoms with E-state index >= 15 is 0 Å². The topological polar surface area (TPSA) is 61.9 Å². The number of rotatable bonds is 3. The first-order valence-corrected chi connectivity index (χ1v) is 11.9. The summed E-state index contributed by atoms with van der Waals surface area (Å²) in [6.07, 6.45) is 9.91. The number of hydrogen-bond donors (Lipinski definition) is 1. The van der Waals surface area contributed by atoms with Gasteiger partial charge in [0.2, 0.25) is 0 Å². The third-order valence-corrected chi connectivity index (χ3v) is 7.57. The zero-order valence-electron chi connectivity index (χ0n) is 18.4. The highest BCUT2D eigenvalue weighted by Gasteiger charge is 2.46. The number of nitrogens with zero attached hydrogens (tertiary/aromatic N) is 2. The highest BCUT2D eigenvalue weighted by atomic mass is 16.5. The van der Waals surface area contributed by atoms with E-state index in [0.29, 0.717) is 29.7 Å². The Balaban J connectivity index is 1.31. The molecule has 0 saturated carbocycles. The predicted molar refractivity (Wildman–Crippen MR) is 120 cm³/mol. The van der Waals surface area contributed by atoms with Crippen molar-refractivity contribution >= 4 is 17.7 Å². The van der Waals surface area contributed by atoms with Crippen LogP contribution in [0.2, 0.25) is 0 Å². The molecule has 1 aliphatic carbocycles. The van der Waals surface area contributed by atoms with Crippen LogP contribution in [0.1, 0.15) is 55.8 Å². The number of urea groups is 1. The summed E-state index contributed by atoms with van der Waals surface area (Å²) in [5, 5.41) is 3.07. The molecule has 3 aliphatic heterocycles. The minimum absolute atomic E-state index is 0.0290. The Morgan fingerprint density at radius 2 is 1.97 bits per heavy atom. The van der Waals surface area contributed by atoms with Crippen LogP contribution < -0.4 is 5.32 Å². The van der Waals surface area contributed by atoms with Gasteiger partial charge in [0.05, 0.1) is 18.2 Å². The summed E-state index contributed by atoms with van der Waals surface area (Å²) in [6.45, 7) is 5.29. The fourth-order valence-corrected chi connectivity index (χ4v) is 6.30. The monoisotopic (exact) mass is 423 g/mol. The fourth-order valence-electron chi connectivity index (χ4n) is 6.30. The van der Waals surface area contributed by atoms with Crippen LogP contribution in [0.15, 0.2) is 35.9 Å². The second kappa shape index (κ2) is 8.65. The Morgan fingerprint density at radius 1 is 1.13 bits per heavy atom. The van der Waals surface area contributed by atoms with Crippen molar-refractivity contribution < 1.29 is 14.3 Å². The van der Waals surface area contributed by atoms with Crippen LogP contribution in [0.5, 0.6) is 0 Å². The van der Waals surface area contributed by atoms with Crippen molar-refractivity contribution in [3.63, 3.8) is 0 Å². The number of nitrogens with one attached hydrogen (secondary N) is 1. The van der Waals surface area contributed by atoms with Crippen LogP contribution in [-0.4, -0.2) is 60.1 Å². The third kappa shape index (κ3) is 3.98. The maximum atomic E-state index is 13.3. The minimum Gasteiger partial charge on any atom is -0.462 e. The van der Waals surface area contributed by atoms with E-state index in [9.17, 15) is 9.59 Å². The first-order chi connectivity index (χ1) is 15.1. The van der Waals surface area contributed by atoms with Crippen LogP contribution >= 0.6 is 0 Å². The Bertz CT molecular complexity index is 865. The number of piperidine rings is 3. The van der Waals surface area contributed by atoms with Crippen molar-refractivity contribution in [3.8, 4) is 0 Å². The lowest BCUT2D eigenvalue weighted by atomic mass is 9.68. The molecule has 0 spiro atoms. The zero-order valence-corrected chi connectivity index (χ0v) is 18.4. The van der Waals surface area contributed by atoms with Gasteiger partial charge in [0.1, 0.15) is 0 Å². The highest BCUT2D eigenvalue weighted by molar-refractivity contribution is 5.92. The van der Waals surface area contributed by atoms with E-state index in [1.807, 2.05) is 0 Å². The van der Waals surface area contributed by atoms with Gasteiger partial charge >= 0.3 is 12.0 Å². The number of amides is 2. The average Bonchev–Trinajstić information content (AvgIpc) is 2.79. The minimum atomic E-state index is -0.337. The maximum absolute atomic E-state index is 13.3. The molecule has 0 aromatic heterocycles. The quantitative estimate of drug-likeness (QED) is 0.582. The van der Waals surface area contributed by atoms with Gasteiger partial charge in [-0.2, -0.15) is 0 Å². The van der Waals surface area contributed by atoms with Crippen LogP contribution in [-0.2, 0) is 4.74 Å². The third-order valence-electron chi connectivity index (χ3n) is 7.57. The predicted octanol–water partition coefficient (Wildman–Crippen LogP) is 4.29. The van der Waals surface area contributed by atoms with Gasteiger partial charge in [-0.3, -0.25) is 4.90 Å². The molecule has 1 aromatic carbocycles. The van der Waals surface area contributed by atoms with Crippen LogP contribution in [0.4, 0.5) is 10.5 Å². The Morgan fingerprint density at radius 3 is 2.77 bits per heavy atom. The number of carbonyl (C=O) groups is 2. The molecule has 166 valence electrons. The molecular formula is C25H33N3O3. The van der Waals surface area contributed by atoms with Gasteiger partial charge < -0.3 is 15.0 Å². The first-order valence-electron chi connectivity index (χ1n) is 11.9. The molecule has 1 N–H and O–H groups in total. The summed E-state index contributed by atoms with van der Waals surface area (Å²) in [5.74, 6) is 0.872. The van der Waals surface area contributed by atoms with Gasteiger partial charge in [0.15, 0.2) is 0 Å². The number of likely N-dealkylation sites (tertiary alicyclic amines) is 1. The van der Waals surface area contributed by atoms with Crippen molar-refractivity contribution in [2.75, 3.05) is 31.6 Å². The van der Waals surface area contributed by atoms with E-state index in [1.54, 1.807) is 31.2 Å². The number of hydrogen-bond acceptors (Lipinski definition) is 4. The van der Waals surface area contributed by atoms with Crippen molar-refractivity contribution in [2.45, 2.75) is 57.5 Å². The maximum Gasteiger partial charge on any atom is 0.338 e. The van der Waals surface area contributed by atoms with Crippen molar-refractivity contribution in [1.82, 2.24) is 9.80 Å². The summed E-state index contributed by atoms with van der Waals surface area (Å²) < 4.78 is 5.03. The van der Waals surface area contributed by atoms with Gasteiger partial charge in [-0.1, -0.05) is 18.1 Å². The summed E-state index contributed by atoms with van der Waals surface area (Å²) in [7, 11) is 0. The number of benzene rings is 1. The lowest BCUT2D eigenvalue weighted by Crippen LogP contribution is -2.60. The van der Waals surface area contributed by atoms with Gasteiger partial charge in [-0.15, -0.1) is 0 Å². The number of anilines is 1. The van der Waals surface area contributed by atoms with E-state index < -0.39 is 0 Å². The molecule has 4 atom stereocenters. The van der Waals surface area contributed by atoms with Crippen LogP contribution in [0.3, 0.4) is 0 Å². The first kappa shape index (κ1) is 20.6. The highest BCUT2D eigenvalue weighted by Crippen LogP contribution is 2.45. The molecule has 6 heteroatoms. The number of carbonyl (C=O) groups excluding carboxylic acids is 2. The Kier molecular flexibility index (Phi) is 5.74. The molecule has 3 heterocycles. The lowest BCUT2D eigenvalue weighted by molar-refractivity contribution is 0.00908. The average molecular weight is 424 g/mol. The molecule has 2 amide bonds. The lowest BCUT2D eigenvalue weighted by Gasteiger charge is -2.54. The van der Waals surface area contributed by atoms with E-state index in [-0.39, 0.29) is 18.0 Å². The van der Waals surface area contributed by atoms with Crippen LogP contribution in [0.25, 0.3) is 0 Å². The molecule has 2 bridgehead atoms. The van der Waals surface area contributed by atoms with Crippen LogP contribution in [0, 0.1) is 11.8 Å². The zero-order chi connectivity index (χ0) is 21.4. The van der Waals surface area contributed by atoms with Gasteiger partial charge in [0.25, 0.3) is 0 Å². The molecule has 3 fully saturated rings. The molecular weight excluding hydrogens is 390 g/mol. The molecule has 4 aliphatic rings. The van der Waals surface area contributed by atoms with Crippen molar-refractivity contribution in [2.24, 2.45) is 11.8 Å². The number of fused-ring (bicyclic) bond motifs is 6.